The van der Waals surface area contributed by atoms with Gasteiger partial charge >= 0.3 is 0 Å². The van der Waals surface area contributed by atoms with Crippen LogP contribution in [0.3, 0.4) is 0 Å². The molecule has 21 heavy (non-hydrogen) atoms. The van der Waals surface area contributed by atoms with Crippen molar-refractivity contribution >= 4 is 11.9 Å². The van der Waals surface area contributed by atoms with E-state index in [9.17, 15) is 0 Å². The van der Waals surface area contributed by atoms with Crippen LogP contribution in [0.2, 0.25) is 0 Å². The first kappa shape index (κ1) is 15.5. The summed E-state index contributed by atoms with van der Waals surface area (Å²) in [5.41, 5.74) is 6.19. The van der Waals surface area contributed by atoms with Crippen molar-refractivity contribution in [1.82, 2.24) is 0 Å². The van der Waals surface area contributed by atoms with Gasteiger partial charge in [-0.3, -0.25) is 4.99 Å². The highest BCUT2D eigenvalue weighted by atomic mass is 14.7. The average molecular weight is 279 g/mol. The second kappa shape index (κ2) is 6.71. The Morgan fingerprint density at radius 1 is 0.905 bits per heavy atom. The van der Waals surface area contributed by atoms with Gasteiger partial charge in [0.25, 0.3) is 0 Å². The molecular formula is C20H25N. The van der Waals surface area contributed by atoms with E-state index in [1.165, 1.54) is 22.3 Å². The van der Waals surface area contributed by atoms with Gasteiger partial charge in [0.2, 0.25) is 0 Å². The van der Waals surface area contributed by atoms with Crippen LogP contribution in [0.1, 0.15) is 61.8 Å². The fraction of sp³-hybridized carbons (Fsp3) is 0.350. The van der Waals surface area contributed by atoms with Crippen molar-refractivity contribution in [3.8, 4) is 0 Å². The monoisotopic (exact) mass is 279 g/mol. The number of hydrogen-bond donors (Lipinski definition) is 0. The zero-order valence-electron chi connectivity index (χ0n) is 13.7. The van der Waals surface area contributed by atoms with Crippen LogP contribution in [-0.2, 0) is 0 Å². The van der Waals surface area contributed by atoms with Crippen LogP contribution in [-0.4, -0.2) is 6.21 Å². The lowest BCUT2D eigenvalue weighted by Crippen LogP contribution is -1.93. The molecule has 0 bridgehead atoms. The maximum Gasteiger partial charge on any atom is 0.0667 e. The Morgan fingerprint density at radius 2 is 1.62 bits per heavy atom. The molecule has 0 aliphatic rings. The zero-order valence-corrected chi connectivity index (χ0v) is 13.7. The molecule has 0 atom stereocenters. The molecule has 0 aromatic heterocycles. The third-order valence-corrected chi connectivity index (χ3v) is 3.87. The SMILES string of the molecule is Cc1ccccc1C=Nc1cc(C(C)C)ccc1C(C)C. The summed E-state index contributed by atoms with van der Waals surface area (Å²) in [6.45, 7) is 11.0. The van der Waals surface area contributed by atoms with Crippen molar-refractivity contribution < 1.29 is 0 Å². The summed E-state index contributed by atoms with van der Waals surface area (Å²) < 4.78 is 0. The van der Waals surface area contributed by atoms with Gasteiger partial charge in [0.15, 0.2) is 0 Å². The Labute approximate surface area is 128 Å². The van der Waals surface area contributed by atoms with E-state index in [2.05, 4.69) is 77.1 Å². The van der Waals surface area contributed by atoms with E-state index in [1.54, 1.807) is 0 Å². The molecular weight excluding hydrogens is 254 g/mol. The zero-order chi connectivity index (χ0) is 15.4. The summed E-state index contributed by atoms with van der Waals surface area (Å²) in [7, 11) is 0. The Hall–Kier alpha value is -1.89. The predicted molar refractivity (Wildman–Crippen MR) is 93.1 cm³/mol. The molecule has 0 saturated heterocycles. The molecule has 2 rings (SSSR count). The summed E-state index contributed by atoms with van der Waals surface area (Å²) in [5, 5.41) is 0. The Kier molecular flexibility index (Phi) is 4.95. The Bertz CT molecular complexity index is 636. The third-order valence-electron chi connectivity index (χ3n) is 3.87. The molecule has 0 radical (unpaired) electrons. The fourth-order valence-electron chi connectivity index (χ4n) is 2.39. The van der Waals surface area contributed by atoms with E-state index < -0.39 is 0 Å². The normalized spacial score (nSPS) is 11.8. The minimum Gasteiger partial charge on any atom is -0.256 e. The standard InChI is InChI=1S/C20H25N/c1-14(2)17-10-11-19(15(3)4)20(12-17)21-13-18-9-7-6-8-16(18)5/h6-15H,1-5H3. The van der Waals surface area contributed by atoms with E-state index in [1.807, 2.05) is 6.21 Å². The van der Waals surface area contributed by atoms with Crippen molar-refractivity contribution in [3.05, 3.63) is 64.7 Å². The van der Waals surface area contributed by atoms with Crippen LogP contribution >= 0.6 is 0 Å². The maximum absolute atomic E-state index is 4.78. The van der Waals surface area contributed by atoms with Crippen LogP contribution in [0.15, 0.2) is 47.5 Å². The number of benzene rings is 2. The van der Waals surface area contributed by atoms with Gasteiger partial charge in [0, 0.05) is 6.21 Å². The van der Waals surface area contributed by atoms with Crippen LogP contribution < -0.4 is 0 Å². The molecule has 0 saturated carbocycles. The van der Waals surface area contributed by atoms with Gasteiger partial charge in [0.1, 0.15) is 0 Å². The predicted octanol–water partition coefficient (Wildman–Crippen LogP) is 5.99. The van der Waals surface area contributed by atoms with Crippen molar-refractivity contribution in [3.63, 3.8) is 0 Å². The van der Waals surface area contributed by atoms with Crippen LogP contribution in [0.25, 0.3) is 0 Å². The first-order valence-corrected chi connectivity index (χ1v) is 7.72. The van der Waals surface area contributed by atoms with Crippen molar-refractivity contribution in [2.45, 2.75) is 46.5 Å². The van der Waals surface area contributed by atoms with Gasteiger partial charge in [0.05, 0.1) is 5.69 Å². The van der Waals surface area contributed by atoms with Gasteiger partial charge in [-0.05, 0) is 47.1 Å². The lowest BCUT2D eigenvalue weighted by Gasteiger charge is -2.13. The molecule has 0 heterocycles. The van der Waals surface area contributed by atoms with Gasteiger partial charge < -0.3 is 0 Å². The molecule has 1 heteroatoms. The van der Waals surface area contributed by atoms with Gasteiger partial charge in [-0.25, -0.2) is 0 Å². The van der Waals surface area contributed by atoms with Crippen molar-refractivity contribution in [2.75, 3.05) is 0 Å². The van der Waals surface area contributed by atoms with Gasteiger partial charge in [-0.15, -0.1) is 0 Å². The summed E-state index contributed by atoms with van der Waals surface area (Å²) in [6, 6.07) is 15.0. The average Bonchev–Trinajstić information content (AvgIpc) is 2.46. The first-order chi connectivity index (χ1) is 9.99. The number of aryl methyl sites for hydroxylation is 1. The first-order valence-electron chi connectivity index (χ1n) is 7.72. The van der Waals surface area contributed by atoms with E-state index >= 15 is 0 Å². The van der Waals surface area contributed by atoms with Crippen molar-refractivity contribution in [2.24, 2.45) is 4.99 Å². The second-order valence-electron chi connectivity index (χ2n) is 6.24. The number of nitrogens with zero attached hydrogens (tertiary/aromatic N) is 1. The molecule has 2 aromatic carbocycles. The highest BCUT2D eigenvalue weighted by Gasteiger charge is 2.08. The lowest BCUT2D eigenvalue weighted by molar-refractivity contribution is 0.845. The van der Waals surface area contributed by atoms with Crippen LogP contribution in [0.4, 0.5) is 5.69 Å². The topological polar surface area (TPSA) is 12.4 Å². The molecule has 0 aliphatic carbocycles. The minimum atomic E-state index is 0.482. The molecule has 1 nitrogen and oxygen atoms in total. The van der Waals surface area contributed by atoms with Gasteiger partial charge in [-0.2, -0.15) is 0 Å². The highest BCUT2D eigenvalue weighted by molar-refractivity contribution is 5.84. The quantitative estimate of drug-likeness (QED) is 0.609. The molecule has 0 N–H and O–H groups in total. The Balaban J connectivity index is 2.41. The van der Waals surface area contributed by atoms with Crippen LogP contribution in [0.5, 0.6) is 0 Å². The number of hydrogen-bond acceptors (Lipinski definition) is 1. The van der Waals surface area contributed by atoms with E-state index in [0.29, 0.717) is 11.8 Å². The minimum absolute atomic E-state index is 0.482. The van der Waals surface area contributed by atoms with Gasteiger partial charge in [-0.1, -0.05) is 64.1 Å². The van der Waals surface area contributed by atoms with Crippen LogP contribution in [0, 0.1) is 6.92 Å². The summed E-state index contributed by atoms with van der Waals surface area (Å²) in [4.78, 5) is 4.78. The fourth-order valence-corrected chi connectivity index (χ4v) is 2.39. The molecule has 0 fully saturated rings. The molecule has 2 aromatic rings. The number of rotatable bonds is 4. The lowest BCUT2D eigenvalue weighted by atomic mass is 9.95. The van der Waals surface area contributed by atoms with Crippen molar-refractivity contribution in [1.29, 1.82) is 0 Å². The largest absolute Gasteiger partial charge is 0.256 e. The molecule has 0 amide bonds. The summed E-state index contributed by atoms with van der Waals surface area (Å²) in [5.74, 6) is 1.01. The van der Waals surface area contributed by atoms with E-state index in [-0.39, 0.29) is 0 Å². The van der Waals surface area contributed by atoms with E-state index in [0.717, 1.165) is 5.69 Å². The van der Waals surface area contributed by atoms with E-state index in [4.69, 9.17) is 4.99 Å². The highest BCUT2D eigenvalue weighted by Crippen LogP contribution is 2.30. The maximum atomic E-state index is 4.78. The summed E-state index contributed by atoms with van der Waals surface area (Å²) in [6.07, 6.45) is 1.99. The third kappa shape index (κ3) is 3.81. The smallest absolute Gasteiger partial charge is 0.0667 e. The molecule has 0 aliphatic heterocycles. The molecule has 0 spiro atoms. The Morgan fingerprint density at radius 3 is 2.24 bits per heavy atom. The number of aliphatic imine (C=N–C) groups is 1. The summed E-state index contributed by atoms with van der Waals surface area (Å²) >= 11 is 0. The second-order valence-corrected chi connectivity index (χ2v) is 6.24. The molecule has 110 valence electrons. The molecule has 0 unspecified atom stereocenters.